The van der Waals surface area contributed by atoms with E-state index in [1.165, 1.54) is 38.2 Å². The lowest BCUT2D eigenvalue weighted by Crippen LogP contribution is -2.22. The molecule has 0 radical (unpaired) electrons. The van der Waals surface area contributed by atoms with Gasteiger partial charge >= 0.3 is 0 Å². The third kappa shape index (κ3) is 4.54. The molecule has 0 bridgehead atoms. The normalized spacial score (nSPS) is 15.0. The van der Waals surface area contributed by atoms with Crippen LogP contribution in [0.25, 0.3) is 0 Å². The van der Waals surface area contributed by atoms with E-state index in [0.29, 0.717) is 17.3 Å². The highest BCUT2D eigenvalue weighted by molar-refractivity contribution is 5.92. The first-order chi connectivity index (χ1) is 11.7. The van der Waals surface area contributed by atoms with Gasteiger partial charge in [0, 0.05) is 6.04 Å². The standard InChI is InChI=1S/C19H22FN3O/c20-17-9-5-4-6-14(17)12-19(24)23-16-10-11-18(21-13-16)22-15-7-2-1-3-8-15/h4-6,9-11,13,15H,1-3,7-8,12H2,(H,21,22)(H,23,24). The smallest absolute Gasteiger partial charge is 0.228 e. The number of rotatable bonds is 5. The second-order valence-electron chi connectivity index (χ2n) is 6.23. The highest BCUT2D eigenvalue weighted by Crippen LogP contribution is 2.21. The Morgan fingerprint density at radius 1 is 1.12 bits per heavy atom. The van der Waals surface area contributed by atoms with Crippen LogP contribution in [0.1, 0.15) is 37.7 Å². The largest absolute Gasteiger partial charge is 0.367 e. The van der Waals surface area contributed by atoms with Crippen molar-refractivity contribution in [2.24, 2.45) is 0 Å². The SMILES string of the molecule is O=C(Cc1ccccc1F)Nc1ccc(NC2CCCCC2)nc1. The van der Waals surface area contributed by atoms with Crippen LogP contribution in [0.3, 0.4) is 0 Å². The zero-order valence-corrected chi connectivity index (χ0v) is 13.6. The number of benzene rings is 1. The minimum atomic E-state index is -0.363. The third-order valence-corrected chi connectivity index (χ3v) is 4.31. The van der Waals surface area contributed by atoms with Gasteiger partial charge in [-0.3, -0.25) is 4.79 Å². The van der Waals surface area contributed by atoms with Gasteiger partial charge in [0.15, 0.2) is 0 Å². The molecule has 1 amide bonds. The van der Waals surface area contributed by atoms with Gasteiger partial charge in [-0.1, -0.05) is 37.5 Å². The monoisotopic (exact) mass is 327 g/mol. The fourth-order valence-corrected chi connectivity index (χ4v) is 3.03. The molecule has 3 rings (SSSR count). The highest BCUT2D eigenvalue weighted by Gasteiger charge is 2.13. The summed E-state index contributed by atoms with van der Waals surface area (Å²) in [7, 11) is 0. The van der Waals surface area contributed by atoms with Crippen molar-refractivity contribution in [1.29, 1.82) is 0 Å². The molecular weight excluding hydrogens is 305 g/mol. The van der Waals surface area contributed by atoms with Crippen molar-refractivity contribution in [2.75, 3.05) is 10.6 Å². The summed E-state index contributed by atoms with van der Waals surface area (Å²) < 4.78 is 13.6. The lowest BCUT2D eigenvalue weighted by atomic mass is 9.95. The number of amides is 1. The minimum absolute atomic E-state index is 0.00868. The molecule has 2 N–H and O–H groups in total. The summed E-state index contributed by atoms with van der Waals surface area (Å²) in [5.74, 6) is 0.210. The van der Waals surface area contributed by atoms with E-state index in [-0.39, 0.29) is 18.1 Å². The maximum atomic E-state index is 13.6. The van der Waals surface area contributed by atoms with E-state index in [1.807, 2.05) is 12.1 Å². The van der Waals surface area contributed by atoms with Crippen molar-refractivity contribution in [3.63, 3.8) is 0 Å². The number of hydrogen-bond donors (Lipinski definition) is 2. The highest BCUT2D eigenvalue weighted by atomic mass is 19.1. The molecule has 1 aromatic heterocycles. The van der Waals surface area contributed by atoms with Crippen LogP contribution in [0.5, 0.6) is 0 Å². The second kappa shape index (κ2) is 7.90. The van der Waals surface area contributed by atoms with Gasteiger partial charge in [-0.25, -0.2) is 9.37 Å². The lowest BCUT2D eigenvalue weighted by molar-refractivity contribution is -0.115. The number of hydrogen-bond acceptors (Lipinski definition) is 3. The average molecular weight is 327 g/mol. The summed E-state index contributed by atoms with van der Waals surface area (Å²) in [6, 6.07) is 10.5. The van der Waals surface area contributed by atoms with Crippen molar-refractivity contribution >= 4 is 17.4 Å². The Hall–Kier alpha value is -2.43. The van der Waals surface area contributed by atoms with Gasteiger partial charge in [0.1, 0.15) is 11.6 Å². The van der Waals surface area contributed by atoms with Gasteiger partial charge in [-0.2, -0.15) is 0 Å². The minimum Gasteiger partial charge on any atom is -0.367 e. The number of anilines is 2. The molecule has 1 heterocycles. The summed E-state index contributed by atoms with van der Waals surface area (Å²) in [5, 5.41) is 6.19. The number of halogens is 1. The molecule has 0 saturated heterocycles. The number of carbonyl (C=O) groups is 1. The summed E-state index contributed by atoms with van der Waals surface area (Å²) in [6.45, 7) is 0. The molecule has 126 valence electrons. The predicted molar refractivity (Wildman–Crippen MR) is 93.5 cm³/mol. The fraction of sp³-hybridized carbons (Fsp3) is 0.368. The van der Waals surface area contributed by atoms with Crippen molar-refractivity contribution in [3.8, 4) is 0 Å². The van der Waals surface area contributed by atoms with Crippen LogP contribution >= 0.6 is 0 Å². The molecule has 0 spiro atoms. The first kappa shape index (κ1) is 16.4. The number of aromatic nitrogens is 1. The average Bonchev–Trinajstić information content (AvgIpc) is 2.60. The first-order valence-electron chi connectivity index (χ1n) is 8.46. The molecule has 1 aliphatic carbocycles. The van der Waals surface area contributed by atoms with Gasteiger partial charge < -0.3 is 10.6 Å². The predicted octanol–water partition coefficient (Wildman–Crippen LogP) is 4.15. The second-order valence-corrected chi connectivity index (χ2v) is 6.23. The molecule has 24 heavy (non-hydrogen) atoms. The van der Waals surface area contributed by atoms with Crippen LogP contribution in [0.4, 0.5) is 15.9 Å². The van der Waals surface area contributed by atoms with Gasteiger partial charge in [-0.05, 0) is 36.6 Å². The maximum Gasteiger partial charge on any atom is 0.228 e. The fourth-order valence-electron chi connectivity index (χ4n) is 3.03. The topological polar surface area (TPSA) is 54.0 Å². The molecule has 1 saturated carbocycles. The zero-order chi connectivity index (χ0) is 16.8. The number of carbonyl (C=O) groups excluding carboxylic acids is 1. The molecule has 0 atom stereocenters. The van der Waals surface area contributed by atoms with Crippen molar-refractivity contribution in [3.05, 3.63) is 54.0 Å². The van der Waals surface area contributed by atoms with Gasteiger partial charge in [0.25, 0.3) is 0 Å². The Bertz CT molecular complexity index is 681. The van der Waals surface area contributed by atoms with Crippen LogP contribution < -0.4 is 10.6 Å². The Kier molecular flexibility index (Phi) is 5.41. The Morgan fingerprint density at radius 3 is 2.62 bits per heavy atom. The van der Waals surface area contributed by atoms with Crippen molar-refractivity contribution in [1.82, 2.24) is 4.98 Å². The molecule has 4 nitrogen and oxygen atoms in total. The molecule has 2 aromatic rings. The van der Waals surface area contributed by atoms with Gasteiger partial charge in [-0.15, -0.1) is 0 Å². The summed E-state index contributed by atoms with van der Waals surface area (Å²) in [6.07, 6.45) is 7.85. The van der Waals surface area contributed by atoms with Crippen molar-refractivity contribution < 1.29 is 9.18 Å². The number of pyridine rings is 1. The van der Waals surface area contributed by atoms with E-state index < -0.39 is 0 Å². The maximum absolute atomic E-state index is 13.6. The first-order valence-corrected chi connectivity index (χ1v) is 8.46. The van der Waals surface area contributed by atoms with Crippen LogP contribution in [0, 0.1) is 5.82 Å². The van der Waals surface area contributed by atoms with Crippen LogP contribution in [0.2, 0.25) is 0 Å². The Morgan fingerprint density at radius 2 is 1.92 bits per heavy atom. The molecule has 1 fully saturated rings. The molecule has 0 unspecified atom stereocenters. The molecular formula is C19H22FN3O. The van der Waals surface area contributed by atoms with E-state index in [2.05, 4.69) is 15.6 Å². The molecule has 1 aliphatic rings. The van der Waals surface area contributed by atoms with E-state index in [9.17, 15) is 9.18 Å². The lowest BCUT2D eigenvalue weighted by Gasteiger charge is -2.23. The molecule has 0 aliphatic heterocycles. The summed E-state index contributed by atoms with van der Waals surface area (Å²) in [5.41, 5.74) is 1.00. The molecule has 5 heteroatoms. The summed E-state index contributed by atoms with van der Waals surface area (Å²) >= 11 is 0. The molecule has 1 aromatic carbocycles. The van der Waals surface area contributed by atoms with E-state index >= 15 is 0 Å². The number of nitrogens with one attached hydrogen (secondary N) is 2. The Labute approximate surface area is 141 Å². The van der Waals surface area contributed by atoms with Crippen LogP contribution in [-0.2, 0) is 11.2 Å². The van der Waals surface area contributed by atoms with Gasteiger partial charge in [0.05, 0.1) is 18.3 Å². The van der Waals surface area contributed by atoms with Crippen LogP contribution in [-0.4, -0.2) is 16.9 Å². The summed E-state index contributed by atoms with van der Waals surface area (Å²) in [4.78, 5) is 16.4. The van der Waals surface area contributed by atoms with E-state index in [1.54, 1.807) is 24.4 Å². The van der Waals surface area contributed by atoms with E-state index in [0.717, 1.165) is 5.82 Å². The van der Waals surface area contributed by atoms with Gasteiger partial charge in [0.2, 0.25) is 5.91 Å². The van der Waals surface area contributed by atoms with E-state index in [4.69, 9.17) is 0 Å². The quantitative estimate of drug-likeness (QED) is 0.867. The number of nitrogens with zero attached hydrogens (tertiary/aromatic N) is 1. The Balaban J connectivity index is 1.53. The zero-order valence-electron chi connectivity index (χ0n) is 13.6. The van der Waals surface area contributed by atoms with Crippen molar-refractivity contribution in [2.45, 2.75) is 44.6 Å². The van der Waals surface area contributed by atoms with Crippen LogP contribution in [0.15, 0.2) is 42.6 Å². The third-order valence-electron chi connectivity index (χ3n) is 4.31.